The van der Waals surface area contributed by atoms with Gasteiger partial charge in [0.25, 0.3) is 0 Å². The monoisotopic (exact) mass is 235 g/mol. The summed E-state index contributed by atoms with van der Waals surface area (Å²) in [7, 11) is 0. The topological polar surface area (TPSA) is 32.3 Å². The second-order valence-electron chi connectivity index (χ2n) is 3.92. The average Bonchev–Trinajstić information content (AvgIpc) is 2.48. The van der Waals surface area contributed by atoms with Gasteiger partial charge in [0, 0.05) is 17.0 Å². The Morgan fingerprint density at radius 1 is 1.50 bits per heavy atom. The summed E-state index contributed by atoms with van der Waals surface area (Å²) in [6, 6.07) is 2.12. The molecule has 0 fully saturated rings. The summed E-state index contributed by atoms with van der Waals surface area (Å²) < 4.78 is 0. The molecule has 0 amide bonds. The number of aliphatic hydroxyl groups excluding tert-OH is 1. The number of hydrogen-bond acceptors (Lipinski definition) is 3. The summed E-state index contributed by atoms with van der Waals surface area (Å²) in [6.45, 7) is 7.11. The van der Waals surface area contributed by atoms with E-state index in [2.05, 4.69) is 23.7 Å². The van der Waals surface area contributed by atoms with Crippen molar-refractivity contribution in [1.82, 2.24) is 5.32 Å². The Kier molecular flexibility index (Phi) is 5.67. The summed E-state index contributed by atoms with van der Waals surface area (Å²) in [5.41, 5.74) is 1.14. The molecule has 1 aromatic heterocycles. The van der Waals surface area contributed by atoms with E-state index in [9.17, 15) is 0 Å². The van der Waals surface area contributed by atoms with Crippen LogP contribution in [-0.2, 0) is 6.54 Å². The van der Waals surface area contributed by atoms with Crippen LogP contribution in [0.3, 0.4) is 0 Å². The molecular weight excluding hydrogens is 218 g/mol. The van der Waals surface area contributed by atoms with Crippen LogP contribution >= 0.6 is 23.7 Å². The Hall–Kier alpha value is -0.0900. The number of thiophene rings is 1. The molecular formula is C10H18ClNOS. The molecule has 0 radical (unpaired) electrons. The van der Waals surface area contributed by atoms with Gasteiger partial charge in [0.05, 0.1) is 6.61 Å². The maximum absolute atomic E-state index is 9.03. The van der Waals surface area contributed by atoms with Crippen LogP contribution < -0.4 is 5.32 Å². The van der Waals surface area contributed by atoms with Gasteiger partial charge in [-0.2, -0.15) is 0 Å². The summed E-state index contributed by atoms with van der Waals surface area (Å²) >= 11 is 1.76. The highest BCUT2D eigenvalue weighted by atomic mass is 35.5. The average molecular weight is 236 g/mol. The number of nitrogens with one attached hydrogen (secondary N) is 1. The molecule has 0 spiro atoms. The molecule has 0 aliphatic rings. The number of aliphatic hydroxyl groups is 1. The molecule has 0 atom stereocenters. The predicted molar refractivity (Wildman–Crippen MR) is 64.3 cm³/mol. The first-order chi connectivity index (χ1) is 6.05. The minimum atomic E-state index is -0.184. The zero-order valence-electron chi connectivity index (χ0n) is 8.83. The van der Waals surface area contributed by atoms with E-state index in [1.807, 2.05) is 13.8 Å². The molecule has 1 heterocycles. The quantitative estimate of drug-likeness (QED) is 0.840. The van der Waals surface area contributed by atoms with Gasteiger partial charge in [0.15, 0.2) is 0 Å². The van der Waals surface area contributed by atoms with E-state index in [4.69, 9.17) is 5.11 Å². The van der Waals surface area contributed by atoms with E-state index in [0.717, 1.165) is 6.54 Å². The van der Waals surface area contributed by atoms with Crippen LogP contribution in [0.1, 0.15) is 24.3 Å². The summed E-state index contributed by atoms with van der Waals surface area (Å²) in [6.07, 6.45) is 0. The zero-order chi connectivity index (χ0) is 9.90. The maximum atomic E-state index is 9.03. The highest BCUT2D eigenvalue weighted by Gasteiger charge is 2.15. The lowest BCUT2D eigenvalue weighted by atomic mass is 10.1. The molecule has 0 saturated heterocycles. The van der Waals surface area contributed by atoms with E-state index < -0.39 is 0 Å². The van der Waals surface area contributed by atoms with Crippen LogP contribution in [0.4, 0.5) is 0 Å². The number of rotatable bonds is 4. The third-order valence-electron chi connectivity index (χ3n) is 2.09. The third-order valence-corrected chi connectivity index (χ3v) is 3.11. The van der Waals surface area contributed by atoms with Crippen LogP contribution in [0.2, 0.25) is 0 Å². The summed E-state index contributed by atoms with van der Waals surface area (Å²) in [5, 5.41) is 14.4. The normalized spacial score (nSPS) is 11.1. The van der Waals surface area contributed by atoms with Crippen molar-refractivity contribution in [3.63, 3.8) is 0 Å². The van der Waals surface area contributed by atoms with Crippen molar-refractivity contribution >= 4 is 23.7 Å². The fourth-order valence-corrected chi connectivity index (χ4v) is 1.81. The minimum absolute atomic E-state index is 0. The van der Waals surface area contributed by atoms with Gasteiger partial charge in [-0.15, -0.1) is 23.7 Å². The second kappa shape index (κ2) is 5.71. The molecule has 2 N–H and O–H groups in total. The largest absolute Gasteiger partial charge is 0.394 e. The molecule has 82 valence electrons. The first-order valence-corrected chi connectivity index (χ1v) is 5.32. The first kappa shape index (κ1) is 13.9. The van der Waals surface area contributed by atoms with Crippen LogP contribution in [0.5, 0.6) is 0 Å². The fourth-order valence-electron chi connectivity index (χ4n) is 0.961. The number of aryl methyl sites for hydroxylation is 1. The Labute approximate surface area is 95.8 Å². The SMILES string of the molecule is Cc1ccsc1CNC(C)(C)CO.Cl. The lowest BCUT2D eigenvalue weighted by molar-refractivity contribution is 0.187. The molecule has 0 aliphatic carbocycles. The van der Waals surface area contributed by atoms with Crippen molar-refractivity contribution in [3.05, 3.63) is 21.9 Å². The van der Waals surface area contributed by atoms with Gasteiger partial charge in [-0.25, -0.2) is 0 Å². The van der Waals surface area contributed by atoms with Gasteiger partial charge in [0.2, 0.25) is 0 Å². The molecule has 1 aromatic rings. The second-order valence-corrected chi connectivity index (χ2v) is 4.92. The van der Waals surface area contributed by atoms with Gasteiger partial charge in [-0.1, -0.05) is 0 Å². The Balaban J connectivity index is 0.00000169. The van der Waals surface area contributed by atoms with Crippen molar-refractivity contribution in [3.8, 4) is 0 Å². The molecule has 0 aromatic carbocycles. The Morgan fingerprint density at radius 3 is 2.57 bits per heavy atom. The van der Waals surface area contributed by atoms with E-state index in [1.165, 1.54) is 10.4 Å². The number of hydrogen-bond donors (Lipinski definition) is 2. The van der Waals surface area contributed by atoms with Crippen molar-refractivity contribution < 1.29 is 5.11 Å². The lowest BCUT2D eigenvalue weighted by Gasteiger charge is -2.23. The highest BCUT2D eigenvalue weighted by molar-refractivity contribution is 7.10. The Morgan fingerprint density at radius 2 is 2.14 bits per heavy atom. The van der Waals surface area contributed by atoms with Gasteiger partial charge in [0.1, 0.15) is 0 Å². The van der Waals surface area contributed by atoms with Gasteiger partial charge in [-0.05, 0) is 37.8 Å². The van der Waals surface area contributed by atoms with Crippen molar-refractivity contribution in [2.45, 2.75) is 32.9 Å². The lowest BCUT2D eigenvalue weighted by Crippen LogP contribution is -2.41. The minimum Gasteiger partial charge on any atom is -0.394 e. The van der Waals surface area contributed by atoms with Crippen LogP contribution in [-0.4, -0.2) is 17.3 Å². The summed E-state index contributed by atoms with van der Waals surface area (Å²) in [4.78, 5) is 1.35. The van der Waals surface area contributed by atoms with Gasteiger partial charge < -0.3 is 10.4 Å². The fraction of sp³-hybridized carbons (Fsp3) is 0.600. The molecule has 0 bridgehead atoms. The zero-order valence-corrected chi connectivity index (χ0v) is 10.5. The van der Waals surface area contributed by atoms with E-state index in [0.29, 0.717) is 0 Å². The molecule has 2 nitrogen and oxygen atoms in total. The molecule has 1 rings (SSSR count). The van der Waals surface area contributed by atoms with E-state index >= 15 is 0 Å². The molecule has 4 heteroatoms. The van der Waals surface area contributed by atoms with E-state index in [1.54, 1.807) is 11.3 Å². The molecule has 0 aliphatic heterocycles. The van der Waals surface area contributed by atoms with Crippen molar-refractivity contribution in [2.75, 3.05) is 6.61 Å². The van der Waals surface area contributed by atoms with Crippen LogP contribution in [0.25, 0.3) is 0 Å². The van der Waals surface area contributed by atoms with Crippen LogP contribution in [0, 0.1) is 6.92 Å². The van der Waals surface area contributed by atoms with Crippen molar-refractivity contribution in [1.29, 1.82) is 0 Å². The highest BCUT2D eigenvalue weighted by Crippen LogP contribution is 2.16. The smallest absolute Gasteiger partial charge is 0.0607 e. The van der Waals surface area contributed by atoms with Gasteiger partial charge in [-0.3, -0.25) is 0 Å². The molecule has 0 unspecified atom stereocenters. The first-order valence-electron chi connectivity index (χ1n) is 4.44. The Bertz CT molecular complexity index is 273. The molecule has 14 heavy (non-hydrogen) atoms. The maximum Gasteiger partial charge on any atom is 0.0607 e. The molecule has 0 saturated carbocycles. The van der Waals surface area contributed by atoms with Crippen molar-refractivity contribution in [2.24, 2.45) is 0 Å². The van der Waals surface area contributed by atoms with Gasteiger partial charge >= 0.3 is 0 Å². The van der Waals surface area contributed by atoms with Crippen LogP contribution in [0.15, 0.2) is 11.4 Å². The predicted octanol–water partition coefficient (Wildman–Crippen LogP) is 2.34. The number of halogens is 1. The summed E-state index contributed by atoms with van der Waals surface area (Å²) in [5.74, 6) is 0. The van der Waals surface area contributed by atoms with E-state index in [-0.39, 0.29) is 24.6 Å². The standard InChI is InChI=1S/C10H17NOS.ClH/c1-8-4-5-13-9(8)6-11-10(2,3)7-12;/h4-5,11-12H,6-7H2,1-3H3;1H. The third kappa shape index (κ3) is 3.96.